The molecule has 3 aromatic rings. The predicted molar refractivity (Wildman–Crippen MR) is 86.9 cm³/mol. The first-order valence-electron chi connectivity index (χ1n) is 5.67. The molecule has 1 aromatic heterocycles. The molecule has 1 heterocycles. The Hall–Kier alpha value is -1.58. The van der Waals surface area contributed by atoms with E-state index in [0.29, 0.717) is 43.0 Å². The smallest absolute Gasteiger partial charge is 0.131 e. The van der Waals surface area contributed by atoms with E-state index in [0.717, 1.165) is 11.7 Å². The summed E-state index contributed by atoms with van der Waals surface area (Å²) in [6.07, 6.45) is 0. The van der Waals surface area contributed by atoms with Gasteiger partial charge in [-0.15, -0.1) is 0 Å². The fourth-order valence-electron chi connectivity index (χ4n) is 1.81. The van der Waals surface area contributed by atoms with Gasteiger partial charge in [0.25, 0.3) is 0 Å². The van der Waals surface area contributed by atoms with Gasteiger partial charge in [-0.2, -0.15) is 14.0 Å². The Balaban J connectivity index is 2.10. The van der Waals surface area contributed by atoms with Crippen LogP contribution in [0.25, 0.3) is 11.0 Å². The summed E-state index contributed by atoms with van der Waals surface area (Å²) >= 11 is 19.5. The van der Waals surface area contributed by atoms with Crippen molar-refractivity contribution >= 4 is 68.9 Å². The SMILES string of the molecule is N#Cc1ccc(Nc2c(Cl)cc(Cl)c3nsnc23)c(Cl)c1. The van der Waals surface area contributed by atoms with Crippen LogP contribution in [-0.2, 0) is 0 Å². The van der Waals surface area contributed by atoms with Gasteiger partial charge in [-0.1, -0.05) is 34.8 Å². The fourth-order valence-corrected chi connectivity index (χ4v) is 3.20. The van der Waals surface area contributed by atoms with Crippen LogP contribution in [0.4, 0.5) is 11.4 Å². The fraction of sp³-hybridized carbons (Fsp3) is 0. The molecule has 8 heteroatoms. The van der Waals surface area contributed by atoms with E-state index in [9.17, 15) is 0 Å². The molecule has 1 N–H and O–H groups in total. The number of rotatable bonds is 2. The Morgan fingerprint density at radius 3 is 2.48 bits per heavy atom. The van der Waals surface area contributed by atoms with E-state index in [1.54, 1.807) is 24.3 Å². The van der Waals surface area contributed by atoms with E-state index in [4.69, 9.17) is 40.1 Å². The maximum absolute atomic E-state index is 8.85. The van der Waals surface area contributed by atoms with Crippen LogP contribution in [0.1, 0.15) is 5.56 Å². The molecule has 4 nitrogen and oxygen atoms in total. The summed E-state index contributed by atoms with van der Waals surface area (Å²) in [7, 11) is 0. The molecule has 0 saturated carbocycles. The summed E-state index contributed by atoms with van der Waals surface area (Å²) in [5.41, 5.74) is 2.84. The van der Waals surface area contributed by atoms with Crippen LogP contribution in [0.15, 0.2) is 24.3 Å². The number of anilines is 2. The van der Waals surface area contributed by atoms with Gasteiger partial charge in [0.1, 0.15) is 11.0 Å². The molecule has 3 rings (SSSR count). The van der Waals surface area contributed by atoms with Crippen LogP contribution < -0.4 is 5.32 Å². The van der Waals surface area contributed by atoms with Gasteiger partial charge in [-0.25, -0.2) is 0 Å². The van der Waals surface area contributed by atoms with Crippen LogP contribution in [-0.4, -0.2) is 8.75 Å². The number of aromatic nitrogens is 2. The number of fused-ring (bicyclic) bond motifs is 1. The lowest BCUT2D eigenvalue weighted by Gasteiger charge is -2.11. The van der Waals surface area contributed by atoms with Gasteiger partial charge < -0.3 is 5.32 Å². The van der Waals surface area contributed by atoms with Crippen molar-refractivity contribution in [2.24, 2.45) is 0 Å². The van der Waals surface area contributed by atoms with Crippen molar-refractivity contribution in [2.45, 2.75) is 0 Å². The van der Waals surface area contributed by atoms with Gasteiger partial charge >= 0.3 is 0 Å². The zero-order valence-electron chi connectivity index (χ0n) is 10.2. The summed E-state index contributed by atoms with van der Waals surface area (Å²) in [5.74, 6) is 0. The van der Waals surface area contributed by atoms with E-state index in [1.165, 1.54) is 0 Å². The highest BCUT2D eigenvalue weighted by atomic mass is 35.5. The molecule has 0 bridgehead atoms. The average Bonchev–Trinajstić information content (AvgIpc) is 2.94. The van der Waals surface area contributed by atoms with Crippen molar-refractivity contribution in [3.05, 3.63) is 44.9 Å². The molecule has 21 heavy (non-hydrogen) atoms. The molecule has 0 aliphatic rings. The van der Waals surface area contributed by atoms with Crippen molar-refractivity contribution < 1.29 is 0 Å². The van der Waals surface area contributed by atoms with E-state index in [1.807, 2.05) is 6.07 Å². The summed E-state index contributed by atoms with van der Waals surface area (Å²) in [4.78, 5) is 0. The monoisotopic (exact) mass is 354 g/mol. The second-order valence-electron chi connectivity index (χ2n) is 4.11. The molecule has 0 saturated heterocycles. The molecule has 104 valence electrons. The van der Waals surface area contributed by atoms with Gasteiger partial charge in [0, 0.05) is 0 Å². The number of benzene rings is 2. The van der Waals surface area contributed by atoms with Crippen molar-refractivity contribution in [2.75, 3.05) is 5.32 Å². The molecule has 0 spiro atoms. The first-order valence-corrected chi connectivity index (χ1v) is 7.53. The van der Waals surface area contributed by atoms with Gasteiger partial charge in [0.05, 0.1) is 49.8 Å². The molecule has 0 atom stereocenters. The van der Waals surface area contributed by atoms with Crippen LogP contribution >= 0.6 is 46.5 Å². The Bertz CT molecular complexity index is 885. The third-order valence-corrected chi connectivity index (χ3v) is 4.23. The van der Waals surface area contributed by atoms with Crippen LogP contribution in [0.3, 0.4) is 0 Å². The highest BCUT2D eigenvalue weighted by molar-refractivity contribution is 7.00. The quantitative estimate of drug-likeness (QED) is 0.680. The van der Waals surface area contributed by atoms with Gasteiger partial charge in [-0.3, -0.25) is 0 Å². The van der Waals surface area contributed by atoms with Crippen molar-refractivity contribution in [3.8, 4) is 6.07 Å². The standard InChI is InChI=1S/C13H5Cl3N4S/c14-7-3-6(5-17)1-2-10(7)18-11-8(15)4-9(16)12-13(11)20-21-19-12/h1-4,18H. The number of nitriles is 1. The molecule has 0 radical (unpaired) electrons. The third-order valence-electron chi connectivity index (χ3n) is 2.80. The minimum absolute atomic E-state index is 0.413. The number of halogens is 3. The van der Waals surface area contributed by atoms with E-state index >= 15 is 0 Å². The van der Waals surface area contributed by atoms with Crippen LogP contribution in [0.5, 0.6) is 0 Å². The molecule has 0 fully saturated rings. The minimum atomic E-state index is 0.413. The maximum Gasteiger partial charge on any atom is 0.131 e. The first-order chi connectivity index (χ1) is 10.1. The second-order valence-corrected chi connectivity index (χ2v) is 5.86. The topological polar surface area (TPSA) is 61.6 Å². The zero-order chi connectivity index (χ0) is 15.0. The number of hydrogen-bond donors (Lipinski definition) is 1. The van der Waals surface area contributed by atoms with Crippen LogP contribution in [0.2, 0.25) is 15.1 Å². The van der Waals surface area contributed by atoms with Crippen molar-refractivity contribution in [1.82, 2.24) is 8.75 Å². The molecular weight excluding hydrogens is 351 g/mol. The van der Waals surface area contributed by atoms with Crippen molar-refractivity contribution in [1.29, 1.82) is 5.26 Å². The highest BCUT2D eigenvalue weighted by Gasteiger charge is 2.15. The Morgan fingerprint density at radius 2 is 1.76 bits per heavy atom. The first kappa shape index (κ1) is 14.4. The zero-order valence-corrected chi connectivity index (χ0v) is 13.3. The lowest BCUT2D eigenvalue weighted by molar-refractivity contribution is 1.47. The summed E-state index contributed by atoms with van der Waals surface area (Å²) in [6, 6.07) is 8.57. The summed E-state index contributed by atoms with van der Waals surface area (Å²) in [5, 5.41) is 13.2. The normalized spacial score (nSPS) is 10.6. The van der Waals surface area contributed by atoms with Gasteiger partial charge in [0.2, 0.25) is 0 Å². The van der Waals surface area contributed by atoms with E-state index < -0.39 is 0 Å². The van der Waals surface area contributed by atoms with E-state index in [-0.39, 0.29) is 0 Å². The van der Waals surface area contributed by atoms with Crippen molar-refractivity contribution in [3.63, 3.8) is 0 Å². The Morgan fingerprint density at radius 1 is 1.00 bits per heavy atom. The van der Waals surface area contributed by atoms with E-state index in [2.05, 4.69) is 14.1 Å². The highest BCUT2D eigenvalue weighted by Crippen LogP contribution is 2.38. The molecule has 0 aliphatic carbocycles. The molecular formula is C13H5Cl3N4S. The van der Waals surface area contributed by atoms with Gasteiger partial charge in [0.15, 0.2) is 0 Å². The number of nitrogens with zero attached hydrogens (tertiary/aromatic N) is 3. The summed E-state index contributed by atoms with van der Waals surface area (Å²) in [6.45, 7) is 0. The molecule has 0 aliphatic heterocycles. The lowest BCUT2D eigenvalue weighted by atomic mass is 10.2. The third kappa shape index (κ3) is 2.63. The molecule has 0 unspecified atom stereocenters. The molecule has 0 amide bonds. The van der Waals surface area contributed by atoms with Gasteiger partial charge in [-0.05, 0) is 24.3 Å². The molecule has 2 aromatic carbocycles. The second kappa shape index (κ2) is 5.66. The number of nitrogens with one attached hydrogen (secondary N) is 1. The number of hydrogen-bond acceptors (Lipinski definition) is 5. The average molecular weight is 356 g/mol. The largest absolute Gasteiger partial charge is 0.351 e. The lowest BCUT2D eigenvalue weighted by Crippen LogP contribution is -1.94. The maximum atomic E-state index is 8.85. The summed E-state index contributed by atoms with van der Waals surface area (Å²) < 4.78 is 8.34. The minimum Gasteiger partial charge on any atom is -0.351 e. The van der Waals surface area contributed by atoms with Crippen LogP contribution in [0, 0.1) is 11.3 Å². The Kier molecular flexibility index (Phi) is 3.87. The predicted octanol–water partition coefficient (Wildman–Crippen LogP) is 5.27. The Labute approximate surface area is 139 Å².